The lowest BCUT2D eigenvalue weighted by molar-refractivity contribution is -0.152. The molecule has 1 amide bonds. The van der Waals surface area contributed by atoms with Crippen LogP contribution >= 0.6 is 11.6 Å². The van der Waals surface area contributed by atoms with E-state index >= 15 is 0 Å². The largest absolute Gasteiger partial charge is 0.452 e. The smallest absolute Gasteiger partial charge is 0.311 e. The van der Waals surface area contributed by atoms with E-state index in [2.05, 4.69) is 22.4 Å². The molecule has 1 aromatic heterocycles. The molecular weight excluding hydrogens is 352 g/mol. The number of carbonyl (C=O) groups is 2. The zero-order chi connectivity index (χ0) is 18.5. The number of anilines is 1. The summed E-state index contributed by atoms with van der Waals surface area (Å²) in [5.74, 6) is -0.876. The van der Waals surface area contributed by atoms with Gasteiger partial charge in [-0.15, -0.1) is 0 Å². The van der Waals surface area contributed by atoms with E-state index in [1.807, 2.05) is 6.07 Å². The van der Waals surface area contributed by atoms with Crippen molar-refractivity contribution in [3.05, 3.63) is 58.4 Å². The van der Waals surface area contributed by atoms with Crippen LogP contribution in [0.1, 0.15) is 36.5 Å². The van der Waals surface area contributed by atoms with Gasteiger partial charge in [-0.3, -0.25) is 9.59 Å². The molecule has 0 saturated heterocycles. The van der Waals surface area contributed by atoms with Crippen LogP contribution in [0.25, 0.3) is 0 Å². The predicted octanol–water partition coefficient (Wildman–Crippen LogP) is 3.73. The normalized spacial score (nSPS) is 14.2. The van der Waals surface area contributed by atoms with Crippen molar-refractivity contribution in [1.82, 2.24) is 4.98 Å². The van der Waals surface area contributed by atoms with Gasteiger partial charge in [0.1, 0.15) is 0 Å². The summed E-state index contributed by atoms with van der Waals surface area (Å²) in [6.45, 7) is 1.53. The number of pyridine rings is 1. The number of aromatic nitrogens is 1. The second-order valence-electron chi connectivity index (χ2n) is 6.45. The van der Waals surface area contributed by atoms with E-state index in [0.29, 0.717) is 5.69 Å². The minimum Gasteiger partial charge on any atom is -0.452 e. The molecule has 1 heterocycles. The Bertz CT molecular complexity index is 822. The van der Waals surface area contributed by atoms with Gasteiger partial charge in [0.2, 0.25) is 0 Å². The van der Waals surface area contributed by atoms with Gasteiger partial charge in [0.15, 0.2) is 11.3 Å². The molecule has 0 aliphatic heterocycles. The Hall–Kier alpha value is -2.40. The summed E-state index contributed by atoms with van der Waals surface area (Å²) in [5, 5.41) is 2.80. The van der Waals surface area contributed by atoms with E-state index in [9.17, 15) is 9.59 Å². The van der Waals surface area contributed by atoms with Gasteiger partial charge in [-0.25, -0.2) is 4.98 Å². The van der Waals surface area contributed by atoms with Crippen LogP contribution in [-0.4, -0.2) is 23.0 Å². The molecule has 1 aliphatic carbocycles. The molecule has 26 heavy (non-hydrogen) atoms. The van der Waals surface area contributed by atoms with Crippen molar-refractivity contribution in [3.63, 3.8) is 0 Å². The number of hydrogen-bond donors (Lipinski definition) is 1. The topological polar surface area (TPSA) is 68.3 Å². The van der Waals surface area contributed by atoms with Crippen LogP contribution in [0.15, 0.2) is 36.5 Å². The lowest BCUT2D eigenvalue weighted by atomic mass is 9.90. The van der Waals surface area contributed by atoms with Gasteiger partial charge in [-0.2, -0.15) is 0 Å². The summed E-state index contributed by atoms with van der Waals surface area (Å²) in [5.41, 5.74) is 3.99. The molecule has 3 rings (SSSR count). The van der Waals surface area contributed by atoms with Crippen LogP contribution in [0.3, 0.4) is 0 Å². The monoisotopic (exact) mass is 372 g/mol. The fourth-order valence-corrected chi connectivity index (χ4v) is 3.24. The average molecular weight is 373 g/mol. The lowest BCUT2D eigenvalue weighted by Crippen LogP contribution is -2.30. The highest BCUT2D eigenvalue weighted by atomic mass is 35.5. The van der Waals surface area contributed by atoms with E-state index in [1.54, 1.807) is 12.1 Å². The third-order valence-corrected chi connectivity index (χ3v) is 4.76. The number of nitrogens with zero attached hydrogens (tertiary/aromatic N) is 1. The summed E-state index contributed by atoms with van der Waals surface area (Å²) >= 11 is 5.91. The highest BCUT2D eigenvalue weighted by molar-refractivity contribution is 6.32. The first-order chi connectivity index (χ1) is 12.5. The standard InChI is InChI=1S/C20H21ClN2O3/c1-13(20(25)23-17-7-4-10-22-19(17)21)26-18(24)12-14-8-9-15-5-2-3-6-16(15)11-14/h4,7-11,13H,2-3,5-6,12H2,1H3,(H,23,25)/t13-/m1/s1. The fraction of sp³-hybridized carbons (Fsp3) is 0.350. The number of esters is 1. The van der Waals surface area contributed by atoms with Crippen LogP contribution in [0.2, 0.25) is 5.15 Å². The van der Waals surface area contributed by atoms with E-state index < -0.39 is 18.0 Å². The third-order valence-electron chi connectivity index (χ3n) is 4.46. The zero-order valence-corrected chi connectivity index (χ0v) is 15.4. The van der Waals surface area contributed by atoms with Crippen molar-refractivity contribution in [2.45, 2.75) is 45.1 Å². The molecule has 6 heteroatoms. The van der Waals surface area contributed by atoms with Gasteiger partial charge in [0, 0.05) is 6.20 Å². The van der Waals surface area contributed by atoms with Crippen LogP contribution in [0.4, 0.5) is 5.69 Å². The molecule has 0 radical (unpaired) electrons. The molecule has 1 N–H and O–H groups in total. The quantitative estimate of drug-likeness (QED) is 0.641. The molecule has 0 spiro atoms. The van der Waals surface area contributed by atoms with E-state index in [0.717, 1.165) is 18.4 Å². The number of amides is 1. The van der Waals surface area contributed by atoms with Gasteiger partial charge in [0.05, 0.1) is 12.1 Å². The van der Waals surface area contributed by atoms with Gasteiger partial charge >= 0.3 is 5.97 Å². The first kappa shape index (κ1) is 18.4. The van der Waals surface area contributed by atoms with Crippen LogP contribution < -0.4 is 5.32 Å². The SMILES string of the molecule is C[C@@H](OC(=O)Cc1ccc2c(c1)CCCC2)C(=O)Nc1cccnc1Cl. The summed E-state index contributed by atoms with van der Waals surface area (Å²) in [6, 6.07) is 9.43. The second-order valence-corrected chi connectivity index (χ2v) is 6.81. The number of carbonyl (C=O) groups excluding carboxylic acids is 2. The number of benzene rings is 1. The second kappa shape index (κ2) is 8.32. The molecule has 1 aliphatic rings. The third kappa shape index (κ3) is 4.61. The van der Waals surface area contributed by atoms with E-state index in [-0.39, 0.29) is 11.6 Å². The lowest BCUT2D eigenvalue weighted by Gasteiger charge is -2.17. The van der Waals surface area contributed by atoms with Gasteiger partial charge in [-0.1, -0.05) is 29.8 Å². The fourth-order valence-electron chi connectivity index (χ4n) is 3.07. The number of hydrogen-bond acceptors (Lipinski definition) is 4. The van der Waals surface area contributed by atoms with Crippen molar-refractivity contribution < 1.29 is 14.3 Å². The molecule has 0 unspecified atom stereocenters. The maximum Gasteiger partial charge on any atom is 0.311 e. The molecule has 136 valence electrons. The van der Waals surface area contributed by atoms with Crippen molar-refractivity contribution in [2.75, 3.05) is 5.32 Å². The Balaban J connectivity index is 1.55. The Morgan fingerprint density at radius 2 is 2.00 bits per heavy atom. The van der Waals surface area contributed by atoms with Crippen molar-refractivity contribution >= 4 is 29.2 Å². The van der Waals surface area contributed by atoms with E-state index in [4.69, 9.17) is 16.3 Å². The van der Waals surface area contributed by atoms with Crippen molar-refractivity contribution in [1.29, 1.82) is 0 Å². The first-order valence-electron chi connectivity index (χ1n) is 8.74. The molecule has 5 nitrogen and oxygen atoms in total. The van der Waals surface area contributed by atoms with Crippen molar-refractivity contribution in [3.8, 4) is 0 Å². The van der Waals surface area contributed by atoms with Gasteiger partial charge in [-0.05, 0) is 61.4 Å². The summed E-state index contributed by atoms with van der Waals surface area (Å²) in [4.78, 5) is 28.2. The number of aryl methyl sites for hydroxylation is 2. The maximum atomic E-state index is 12.2. The van der Waals surface area contributed by atoms with Crippen molar-refractivity contribution in [2.24, 2.45) is 0 Å². The predicted molar refractivity (Wildman–Crippen MR) is 100 cm³/mol. The molecule has 0 bridgehead atoms. The minimum atomic E-state index is -0.920. The Labute approximate surface area is 157 Å². The Morgan fingerprint density at radius 1 is 1.23 bits per heavy atom. The highest BCUT2D eigenvalue weighted by Crippen LogP contribution is 2.22. The summed E-state index contributed by atoms with van der Waals surface area (Å²) in [6.07, 6.45) is 5.34. The highest BCUT2D eigenvalue weighted by Gasteiger charge is 2.19. The average Bonchev–Trinajstić information content (AvgIpc) is 2.63. The van der Waals surface area contributed by atoms with Gasteiger partial charge < -0.3 is 10.1 Å². The molecule has 2 aromatic rings. The van der Waals surface area contributed by atoms with Crippen LogP contribution in [0, 0.1) is 0 Å². The van der Waals surface area contributed by atoms with Crippen LogP contribution in [0.5, 0.6) is 0 Å². The molecule has 0 saturated carbocycles. The minimum absolute atomic E-state index is 0.151. The maximum absolute atomic E-state index is 12.2. The number of fused-ring (bicyclic) bond motifs is 1. The first-order valence-corrected chi connectivity index (χ1v) is 9.12. The van der Waals surface area contributed by atoms with Gasteiger partial charge in [0.25, 0.3) is 5.91 Å². The number of halogens is 1. The Kier molecular flexibility index (Phi) is 5.89. The summed E-state index contributed by atoms with van der Waals surface area (Å²) in [7, 11) is 0. The number of ether oxygens (including phenoxy) is 1. The zero-order valence-electron chi connectivity index (χ0n) is 14.6. The van der Waals surface area contributed by atoms with Crippen LogP contribution in [-0.2, 0) is 33.6 Å². The molecule has 1 aromatic carbocycles. The molecule has 1 atom stereocenters. The summed E-state index contributed by atoms with van der Waals surface area (Å²) < 4.78 is 5.26. The molecular formula is C20H21ClN2O3. The number of rotatable bonds is 5. The number of nitrogens with one attached hydrogen (secondary N) is 1. The van der Waals surface area contributed by atoms with E-state index in [1.165, 1.54) is 37.1 Å². The Morgan fingerprint density at radius 3 is 2.77 bits per heavy atom. The molecule has 0 fully saturated rings.